The first-order valence-electron chi connectivity index (χ1n) is 6.43. The number of anilines is 1. The Hall–Kier alpha value is -1.63. The molecule has 1 saturated carbocycles. The standard InChI is InChI=1S/C12H20N4O3/c1-5-7-10(16(18)19)11(15(4)14-7)13-8-6-9(17)12(8,2)3/h8-9,13,17H,5-6H2,1-4H3. The lowest BCUT2D eigenvalue weighted by Gasteiger charge is -2.49. The lowest BCUT2D eigenvalue weighted by atomic mass is 9.64. The Morgan fingerprint density at radius 3 is 2.68 bits per heavy atom. The van der Waals surface area contributed by atoms with E-state index in [1.165, 1.54) is 4.68 Å². The number of nitro groups is 1. The Morgan fingerprint density at radius 2 is 2.26 bits per heavy atom. The molecule has 19 heavy (non-hydrogen) atoms. The number of nitrogens with zero attached hydrogens (tertiary/aromatic N) is 3. The highest BCUT2D eigenvalue weighted by Crippen LogP contribution is 2.43. The third kappa shape index (κ3) is 2.07. The summed E-state index contributed by atoms with van der Waals surface area (Å²) in [6, 6.07) is 0.0151. The van der Waals surface area contributed by atoms with Crippen molar-refractivity contribution in [1.29, 1.82) is 0 Å². The van der Waals surface area contributed by atoms with Gasteiger partial charge >= 0.3 is 5.69 Å². The molecule has 0 amide bonds. The van der Waals surface area contributed by atoms with Gasteiger partial charge in [0.1, 0.15) is 5.69 Å². The molecule has 1 aromatic heterocycles. The van der Waals surface area contributed by atoms with E-state index < -0.39 is 4.92 Å². The van der Waals surface area contributed by atoms with Gasteiger partial charge < -0.3 is 10.4 Å². The van der Waals surface area contributed by atoms with Crippen LogP contribution < -0.4 is 5.32 Å². The molecule has 0 radical (unpaired) electrons. The van der Waals surface area contributed by atoms with Crippen molar-refractivity contribution in [1.82, 2.24) is 9.78 Å². The molecule has 0 aromatic carbocycles. The second-order valence-corrected chi connectivity index (χ2v) is 5.65. The van der Waals surface area contributed by atoms with Gasteiger partial charge in [-0.25, -0.2) is 4.68 Å². The molecule has 0 bridgehead atoms. The first-order valence-corrected chi connectivity index (χ1v) is 6.43. The van der Waals surface area contributed by atoms with Gasteiger partial charge in [0.2, 0.25) is 5.82 Å². The molecular formula is C12H20N4O3. The summed E-state index contributed by atoms with van der Waals surface area (Å²) in [6.45, 7) is 5.74. The van der Waals surface area contributed by atoms with E-state index in [4.69, 9.17) is 0 Å². The molecule has 0 spiro atoms. The van der Waals surface area contributed by atoms with Gasteiger partial charge in [-0.1, -0.05) is 20.8 Å². The lowest BCUT2D eigenvalue weighted by Crippen LogP contribution is -2.57. The SMILES string of the molecule is CCc1nn(C)c(NC2CC(O)C2(C)C)c1[N+](=O)[O-]. The zero-order valence-corrected chi connectivity index (χ0v) is 11.7. The molecule has 1 aliphatic carbocycles. The van der Waals surface area contributed by atoms with Crippen LogP contribution >= 0.6 is 0 Å². The molecule has 1 aromatic rings. The number of aryl methyl sites for hydroxylation is 2. The third-order valence-corrected chi connectivity index (χ3v) is 4.14. The van der Waals surface area contributed by atoms with Crippen LogP contribution in [-0.2, 0) is 13.5 Å². The van der Waals surface area contributed by atoms with Gasteiger partial charge in [0.15, 0.2) is 0 Å². The van der Waals surface area contributed by atoms with Gasteiger partial charge in [0.25, 0.3) is 0 Å². The first-order chi connectivity index (χ1) is 8.78. The lowest BCUT2D eigenvalue weighted by molar-refractivity contribution is -0.384. The van der Waals surface area contributed by atoms with Crippen molar-refractivity contribution in [2.24, 2.45) is 12.5 Å². The zero-order valence-electron chi connectivity index (χ0n) is 11.7. The third-order valence-electron chi connectivity index (χ3n) is 4.14. The Balaban J connectivity index is 2.31. The van der Waals surface area contributed by atoms with Gasteiger partial charge in [-0.2, -0.15) is 5.10 Å². The zero-order chi connectivity index (χ0) is 14.4. The fraction of sp³-hybridized carbons (Fsp3) is 0.750. The summed E-state index contributed by atoms with van der Waals surface area (Å²) in [5.41, 5.74) is 0.236. The Kier molecular flexibility index (Phi) is 3.25. The number of aliphatic hydroxyl groups excluding tert-OH is 1. The number of rotatable bonds is 4. The van der Waals surface area contributed by atoms with Crippen LogP contribution in [0, 0.1) is 15.5 Å². The summed E-state index contributed by atoms with van der Waals surface area (Å²) in [6.07, 6.45) is 0.738. The molecule has 2 atom stereocenters. The highest BCUT2D eigenvalue weighted by atomic mass is 16.6. The molecule has 7 nitrogen and oxygen atoms in total. The van der Waals surface area contributed by atoms with Crippen LogP contribution in [0.15, 0.2) is 0 Å². The molecule has 1 aliphatic rings. The van der Waals surface area contributed by atoms with Crippen molar-refractivity contribution in [3.05, 3.63) is 15.8 Å². The molecule has 2 N–H and O–H groups in total. The minimum absolute atomic E-state index is 0.0151. The predicted octanol–water partition coefficient (Wildman–Crippen LogP) is 1.46. The van der Waals surface area contributed by atoms with Crippen LogP contribution in [0.1, 0.15) is 32.9 Å². The van der Waals surface area contributed by atoms with E-state index >= 15 is 0 Å². The minimum atomic E-state index is -0.393. The highest BCUT2D eigenvalue weighted by Gasteiger charge is 2.48. The van der Waals surface area contributed by atoms with E-state index in [0.717, 1.165) is 0 Å². The Morgan fingerprint density at radius 1 is 1.63 bits per heavy atom. The van der Waals surface area contributed by atoms with Gasteiger partial charge in [-0.15, -0.1) is 0 Å². The van der Waals surface area contributed by atoms with E-state index in [0.29, 0.717) is 24.4 Å². The summed E-state index contributed by atoms with van der Waals surface area (Å²) in [5.74, 6) is 0.423. The van der Waals surface area contributed by atoms with E-state index in [1.54, 1.807) is 7.05 Å². The Bertz CT molecular complexity index is 509. The largest absolute Gasteiger partial charge is 0.392 e. The number of aromatic nitrogens is 2. The van der Waals surface area contributed by atoms with Gasteiger partial charge in [0, 0.05) is 18.5 Å². The molecular weight excluding hydrogens is 248 g/mol. The van der Waals surface area contributed by atoms with Crippen LogP contribution in [0.3, 0.4) is 0 Å². The number of hydrogen-bond donors (Lipinski definition) is 2. The van der Waals surface area contributed by atoms with Crippen molar-refractivity contribution in [2.45, 2.75) is 45.8 Å². The van der Waals surface area contributed by atoms with Crippen LogP contribution in [0.2, 0.25) is 0 Å². The first kappa shape index (κ1) is 13.8. The molecule has 0 aliphatic heterocycles. The van der Waals surface area contributed by atoms with Crippen molar-refractivity contribution in [2.75, 3.05) is 5.32 Å². The highest BCUT2D eigenvalue weighted by molar-refractivity contribution is 5.60. The predicted molar refractivity (Wildman–Crippen MR) is 71.1 cm³/mol. The van der Waals surface area contributed by atoms with E-state index in [9.17, 15) is 15.2 Å². The van der Waals surface area contributed by atoms with Crippen LogP contribution in [0.4, 0.5) is 11.5 Å². The second kappa shape index (κ2) is 4.48. The van der Waals surface area contributed by atoms with Gasteiger partial charge in [-0.05, 0) is 12.8 Å². The maximum atomic E-state index is 11.2. The summed E-state index contributed by atoms with van der Waals surface area (Å²) in [4.78, 5) is 10.8. The second-order valence-electron chi connectivity index (χ2n) is 5.65. The topological polar surface area (TPSA) is 93.2 Å². The molecule has 1 heterocycles. The summed E-state index contributed by atoms with van der Waals surface area (Å²) in [7, 11) is 1.69. The van der Waals surface area contributed by atoms with E-state index in [1.807, 2.05) is 20.8 Å². The maximum absolute atomic E-state index is 11.2. The minimum Gasteiger partial charge on any atom is -0.392 e. The summed E-state index contributed by atoms with van der Waals surface area (Å²) in [5, 5.41) is 28.3. The molecule has 1 fully saturated rings. The Labute approximate surface area is 111 Å². The van der Waals surface area contributed by atoms with E-state index in [2.05, 4.69) is 10.4 Å². The molecule has 106 valence electrons. The molecule has 0 saturated heterocycles. The maximum Gasteiger partial charge on any atom is 0.333 e. The normalized spacial score (nSPS) is 24.9. The van der Waals surface area contributed by atoms with Gasteiger partial charge in [-0.3, -0.25) is 10.1 Å². The fourth-order valence-corrected chi connectivity index (χ4v) is 2.47. The van der Waals surface area contributed by atoms with Crippen molar-refractivity contribution in [3.63, 3.8) is 0 Å². The van der Waals surface area contributed by atoms with Crippen LogP contribution in [0.25, 0.3) is 0 Å². The molecule has 2 rings (SSSR count). The summed E-state index contributed by atoms with van der Waals surface area (Å²) >= 11 is 0. The average molecular weight is 268 g/mol. The van der Waals surface area contributed by atoms with Crippen molar-refractivity contribution >= 4 is 11.5 Å². The molecule has 2 unspecified atom stereocenters. The van der Waals surface area contributed by atoms with Crippen LogP contribution in [0.5, 0.6) is 0 Å². The smallest absolute Gasteiger partial charge is 0.333 e. The number of hydrogen-bond acceptors (Lipinski definition) is 5. The fourth-order valence-electron chi connectivity index (χ4n) is 2.47. The van der Waals surface area contributed by atoms with Crippen LogP contribution in [-0.4, -0.2) is 32.0 Å². The summed E-state index contributed by atoms with van der Waals surface area (Å²) < 4.78 is 1.51. The average Bonchev–Trinajstić information content (AvgIpc) is 2.65. The quantitative estimate of drug-likeness (QED) is 0.637. The number of aliphatic hydroxyl groups is 1. The van der Waals surface area contributed by atoms with Crippen molar-refractivity contribution in [3.8, 4) is 0 Å². The molecule has 7 heteroatoms. The number of nitrogens with one attached hydrogen (secondary N) is 1. The van der Waals surface area contributed by atoms with Gasteiger partial charge in [0.05, 0.1) is 11.0 Å². The van der Waals surface area contributed by atoms with Crippen molar-refractivity contribution < 1.29 is 10.0 Å². The van der Waals surface area contributed by atoms with E-state index in [-0.39, 0.29) is 23.2 Å². The monoisotopic (exact) mass is 268 g/mol.